The monoisotopic (exact) mass is 306 g/mol. The number of methoxy groups -OCH3 is 1. The van der Waals surface area contributed by atoms with Gasteiger partial charge in [0.15, 0.2) is 5.58 Å². The number of carbonyl (C=O) groups excluding carboxylic acids is 2. The third-order valence-electron chi connectivity index (χ3n) is 2.73. The van der Waals surface area contributed by atoms with Gasteiger partial charge in [-0.3, -0.25) is 4.90 Å². The van der Waals surface area contributed by atoms with Gasteiger partial charge >= 0.3 is 17.6 Å². The zero-order chi connectivity index (χ0) is 15.7. The first-order valence-corrected chi connectivity index (χ1v) is 6.59. The van der Waals surface area contributed by atoms with E-state index in [1.807, 2.05) is 0 Å². The molecule has 21 heavy (non-hydrogen) atoms. The molecule has 108 valence electrons. The Labute approximate surface area is 125 Å². The van der Waals surface area contributed by atoms with Gasteiger partial charge in [-0.25, -0.2) is 14.4 Å². The van der Waals surface area contributed by atoms with Crippen LogP contribution in [-0.2, 0) is 4.74 Å². The largest absolute Gasteiger partial charge is 0.465 e. The van der Waals surface area contributed by atoms with E-state index in [0.29, 0.717) is 9.70 Å². The maximum atomic E-state index is 11.8. The van der Waals surface area contributed by atoms with Crippen molar-refractivity contribution in [1.82, 2.24) is 4.81 Å². The maximum absolute atomic E-state index is 11.8. The van der Waals surface area contributed by atoms with Crippen LogP contribution >= 0.6 is 11.3 Å². The molecule has 0 aliphatic rings. The van der Waals surface area contributed by atoms with Crippen LogP contribution in [0.3, 0.4) is 0 Å². The van der Waals surface area contributed by atoms with Crippen LogP contribution in [0, 0.1) is 0 Å². The number of rotatable bonds is 2. The highest BCUT2D eigenvalue weighted by molar-refractivity contribution is 7.22. The van der Waals surface area contributed by atoms with E-state index in [1.54, 1.807) is 0 Å². The van der Waals surface area contributed by atoms with Crippen LogP contribution in [0.5, 0.6) is 0 Å². The number of carbonyl (C=O) groups is 2. The van der Waals surface area contributed by atoms with E-state index in [-0.39, 0.29) is 11.1 Å². The molecule has 0 bridgehead atoms. The highest BCUT2D eigenvalue weighted by Gasteiger charge is 2.19. The summed E-state index contributed by atoms with van der Waals surface area (Å²) >= 11 is 1.18. The van der Waals surface area contributed by atoms with Crippen LogP contribution < -0.4 is 10.5 Å². The van der Waals surface area contributed by atoms with Gasteiger partial charge in [0.1, 0.15) is 10.6 Å². The van der Waals surface area contributed by atoms with Crippen LogP contribution in [0.25, 0.3) is 10.3 Å². The second-order valence-corrected chi connectivity index (χ2v) is 5.27. The second-order valence-electron chi connectivity index (χ2n) is 4.20. The number of amides is 2. The minimum absolute atomic E-state index is 0.191. The van der Waals surface area contributed by atoms with E-state index in [1.165, 1.54) is 49.6 Å². The minimum Gasteiger partial charge on any atom is -0.465 e. The van der Waals surface area contributed by atoms with Crippen molar-refractivity contribution >= 4 is 46.6 Å². The molecule has 7 nitrogen and oxygen atoms in total. The lowest BCUT2D eigenvalue weighted by molar-refractivity contribution is 0.0596. The van der Waals surface area contributed by atoms with Crippen LogP contribution in [0.15, 0.2) is 21.3 Å². The Morgan fingerprint density at radius 2 is 2.00 bits per heavy atom. The van der Waals surface area contributed by atoms with E-state index in [0.717, 1.165) is 4.81 Å². The third-order valence-corrected chi connectivity index (χ3v) is 3.87. The summed E-state index contributed by atoms with van der Waals surface area (Å²) in [7, 11) is 9.52. The molecule has 0 saturated carbocycles. The molecule has 0 saturated heterocycles. The van der Waals surface area contributed by atoms with Gasteiger partial charge in [0.05, 0.1) is 11.8 Å². The summed E-state index contributed by atoms with van der Waals surface area (Å²) in [6.07, 6.45) is 0. The SMILES string of the molecule is [B]N(C)C(=O)N(C)c1cc2oc(=O)c(C(=O)OC)cc2s1. The van der Waals surface area contributed by atoms with E-state index in [4.69, 9.17) is 12.4 Å². The van der Waals surface area contributed by atoms with Crippen LogP contribution in [0.2, 0.25) is 0 Å². The van der Waals surface area contributed by atoms with Crippen molar-refractivity contribution in [2.45, 2.75) is 0 Å². The predicted molar refractivity (Wildman–Crippen MR) is 79.0 cm³/mol. The Balaban J connectivity index is 2.50. The Bertz CT molecular complexity index is 767. The number of hydrogen-bond donors (Lipinski definition) is 0. The minimum atomic E-state index is -0.788. The number of fused-ring (bicyclic) bond motifs is 1. The van der Waals surface area contributed by atoms with Gasteiger partial charge in [-0.2, -0.15) is 0 Å². The molecule has 0 spiro atoms. The lowest BCUT2D eigenvalue weighted by Gasteiger charge is -2.20. The number of nitrogens with zero attached hydrogens (tertiary/aromatic N) is 2. The van der Waals surface area contributed by atoms with Crippen molar-refractivity contribution in [2.24, 2.45) is 0 Å². The normalized spacial score (nSPS) is 10.4. The van der Waals surface area contributed by atoms with Gasteiger partial charge < -0.3 is 14.0 Å². The molecule has 0 aliphatic carbocycles. The summed E-state index contributed by atoms with van der Waals surface area (Å²) in [4.78, 5) is 37.1. The summed E-state index contributed by atoms with van der Waals surface area (Å²) in [5.41, 5.74) is -0.695. The molecule has 2 radical (unpaired) electrons. The molecular formula is C12H11BN2O5S. The zero-order valence-corrected chi connectivity index (χ0v) is 12.4. The predicted octanol–water partition coefficient (Wildman–Crippen LogP) is 1.21. The van der Waals surface area contributed by atoms with Gasteiger partial charge in [0, 0.05) is 13.1 Å². The molecular weight excluding hydrogens is 295 g/mol. The average Bonchev–Trinajstić information content (AvgIpc) is 2.86. The molecule has 0 N–H and O–H groups in total. The van der Waals surface area contributed by atoms with Gasteiger partial charge in [-0.1, -0.05) is 0 Å². The van der Waals surface area contributed by atoms with Gasteiger partial charge in [-0.15, -0.1) is 11.3 Å². The molecule has 2 aromatic rings. The molecule has 2 aromatic heterocycles. The number of esters is 1. The summed E-state index contributed by atoms with van der Waals surface area (Å²) in [6.45, 7) is 0. The van der Waals surface area contributed by atoms with Gasteiger partial charge in [0.25, 0.3) is 0 Å². The number of hydrogen-bond acceptors (Lipinski definition) is 6. The Morgan fingerprint density at radius 1 is 1.33 bits per heavy atom. The molecule has 0 aliphatic heterocycles. The molecule has 2 heterocycles. The number of thiophene rings is 1. The van der Waals surface area contributed by atoms with Crippen LogP contribution in [-0.4, -0.2) is 46.0 Å². The molecule has 0 unspecified atom stereocenters. The maximum Gasteiger partial charge on any atom is 0.351 e. The standard InChI is InChI=1S/C12H11BN2O5S/c1-14(12(18)15(2)13)9-5-7-8(21-9)4-6(10(16)19-3)11(17)20-7/h4-5H,1-3H3. The summed E-state index contributed by atoms with van der Waals surface area (Å²) in [6, 6.07) is 2.48. The fraction of sp³-hybridized carbons (Fsp3) is 0.250. The highest BCUT2D eigenvalue weighted by atomic mass is 32.1. The quantitative estimate of drug-likeness (QED) is 0.615. The van der Waals surface area contributed by atoms with Crippen molar-refractivity contribution in [3.05, 3.63) is 28.1 Å². The lowest BCUT2D eigenvalue weighted by Crippen LogP contribution is -2.36. The molecule has 0 aromatic carbocycles. The topological polar surface area (TPSA) is 80.1 Å². The van der Waals surface area contributed by atoms with Crippen molar-refractivity contribution in [2.75, 3.05) is 26.1 Å². The number of urea groups is 1. The fourth-order valence-electron chi connectivity index (χ4n) is 1.65. The van der Waals surface area contributed by atoms with Crippen LogP contribution in [0.4, 0.5) is 9.80 Å². The fourth-order valence-corrected chi connectivity index (χ4v) is 2.63. The van der Waals surface area contributed by atoms with Gasteiger partial charge in [0.2, 0.25) is 7.98 Å². The first kappa shape index (κ1) is 15.1. The Morgan fingerprint density at radius 3 is 2.57 bits per heavy atom. The lowest BCUT2D eigenvalue weighted by atomic mass is 10.3. The number of ether oxygens (including phenoxy) is 1. The molecule has 2 rings (SSSR count). The van der Waals surface area contributed by atoms with Gasteiger partial charge in [-0.05, 0) is 13.1 Å². The Hall–Kier alpha value is -2.29. The molecule has 9 heteroatoms. The first-order valence-electron chi connectivity index (χ1n) is 5.77. The number of anilines is 1. The van der Waals surface area contributed by atoms with Crippen molar-refractivity contribution < 1.29 is 18.7 Å². The van der Waals surface area contributed by atoms with E-state index >= 15 is 0 Å². The molecule has 0 atom stereocenters. The molecule has 2 amide bonds. The highest BCUT2D eigenvalue weighted by Crippen LogP contribution is 2.32. The summed E-state index contributed by atoms with van der Waals surface area (Å²) < 4.78 is 10.1. The first-order chi connectivity index (χ1) is 9.85. The van der Waals surface area contributed by atoms with Crippen molar-refractivity contribution in [3.63, 3.8) is 0 Å². The van der Waals surface area contributed by atoms with Crippen molar-refractivity contribution in [1.29, 1.82) is 0 Å². The van der Waals surface area contributed by atoms with Crippen molar-refractivity contribution in [3.8, 4) is 0 Å². The summed E-state index contributed by atoms with van der Waals surface area (Å²) in [5, 5.41) is 0.525. The van der Waals surface area contributed by atoms with Crippen LogP contribution in [0.1, 0.15) is 10.4 Å². The molecule has 0 fully saturated rings. The average molecular weight is 306 g/mol. The Kier molecular flexibility index (Phi) is 4.03. The zero-order valence-electron chi connectivity index (χ0n) is 11.6. The second kappa shape index (κ2) is 5.61. The third kappa shape index (κ3) is 2.77. The van der Waals surface area contributed by atoms with E-state index in [9.17, 15) is 14.4 Å². The van der Waals surface area contributed by atoms with E-state index < -0.39 is 17.6 Å². The smallest absolute Gasteiger partial charge is 0.351 e. The summed E-state index contributed by atoms with van der Waals surface area (Å²) in [5.74, 6) is -0.772. The van der Waals surface area contributed by atoms with E-state index in [2.05, 4.69) is 4.74 Å².